The maximum absolute atomic E-state index is 12.0. The van der Waals surface area contributed by atoms with Crippen LogP contribution in [0.2, 0.25) is 0 Å². The number of nitrogens with zero attached hydrogens (tertiary/aromatic N) is 2. The molecule has 0 radical (unpaired) electrons. The molecule has 0 saturated carbocycles. The molecule has 2 rings (SSSR count). The third kappa shape index (κ3) is 5.87. The Bertz CT molecular complexity index is 534. The molecule has 1 saturated heterocycles. The lowest BCUT2D eigenvalue weighted by molar-refractivity contribution is -0.121. The van der Waals surface area contributed by atoms with Crippen LogP contribution in [0.1, 0.15) is 32.3 Å². The molecule has 0 spiro atoms. The summed E-state index contributed by atoms with van der Waals surface area (Å²) >= 11 is 0. The number of hydrogen-bond donors (Lipinski definition) is 2. The zero-order valence-corrected chi connectivity index (χ0v) is 15.1. The van der Waals surface area contributed by atoms with Crippen LogP contribution in [0.25, 0.3) is 0 Å². The molecule has 1 aromatic rings. The van der Waals surface area contributed by atoms with E-state index in [9.17, 15) is 4.79 Å². The van der Waals surface area contributed by atoms with E-state index >= 15 is 0 Å². The van der Waals surface area contributed by atoms with E-state index < -0.39 is 0 Å². The normalized spacial score (nSPS) is 21.5. The molecule has 0 aliphatic carbocycles. The van der Waals surface area contributed by atoms with Crippen molar-refractivity contribution in [3.05, 3.63) is 35.9 Å². The van der Waals surface area contributed by atoms with Gasteiger partial charge in [-0.2, -0.15) is 0 Å². The van der Waals surface area contributed by atoms with E-state index in [0.717, 1.165) is 24.6 Å². The highest BCUT2D eigenvalue weighted by atomic mass is 16.1. The lowest BCUT2D eigenvalue weighted by Crippen LogP contribution is -2.49. The Morgan fingerprint density at radius 3 is 2.46 bits per heavy atom. The van der Waals surface area contributed by atoms with Gasteiger partial charge in [0.2, 0.25) is 5.91 Å². The van der Waals surface area contributed by atoms with E-state index in [2.05, 4.69) is 34.4 Å². The fraction of sp³-hybridized carbons (Fsp3) is 0.579. The van der Waals surface area contributed by atoms with Crippen LogP contribution in [0.3, 0.4) is 0 Å². The molecule has 5 nitrogen and oxygen atoms in total. The van der Waals surface area contributed by atoms with Crippen LogP contribution in [0.4, 0.5) is 0 Å². The summed E-state index contributed by atoms with van der Waals surface area (Å²) in [4.78, 5) is 18.6. The summed E-state index contributed by atoms with van der Waals surface area (Å²) in [7, 11) is 1.81. The number of rotatable bonds is 5. The molecule has 2 N–H and O–H groups in total. The maximum Gasteiger partial charge on any atom is 0.222 e. The van der Waals surface area contributed by atoms with Crippen LogP contribution in [0.15, 0.2) is 35.3 Å². The van der Waals surface area contributed by atoms with Gasteiger partial charge in [0.15, 0.2) is 5.96 Å². The molecule has 1 aliphatic heterocycles. The molecular formula is C19H30N4O. The van der Waals surface area contributed by atoms with Crippen LogP contribution >= 0.6 is 0 Å². The summed E-state index contributed by atoms with van der Waals surface area (Å²) in [5.74, 6) is 2.33. The standard InChI is InChI=1S/C19H30N4O/c1-15-11-16(2)14-23(13-15)19(20-3)21-10-9-18(24)22-12-17-7-5-4-6-8-17/h4-8,15-16H,9-14H2,1-3H3,(H,20,21)(H,22,24). The first-order chi connectivity index (χ1) is 11.6. The summed E-state index contributed by atoms with van der Waals surface area (Å²) in [5, 5.41) is 6.28. The van der Waals surface area contributed by atoms with Gasteiger partial charge in [0.05, 0.1) is 0 Å². The number of guanidine groups is 1. The molecule has 1 aliphatic rings. The van der Waals surface area contributed by atoms with Crippen LogP contribution in [-0.2, 0) is 11.3 Å². The predicted octanol–water partition coefficient (Wildman–Crippen LogP) is 2.25. The Morgan fingerprint density at radius 1 is 1.17 bits per heavy atom. The molecule has 2 atom stereocenters. The van der Waals surface area contributed by atoms with Crippen LogP contribution in [-0.4, -0.2) is 43.4 Å². The van der Waals surface area contributed by atoms with Gasteiger partial charge in [-0.1, -0.05) is 44.2 Å². The van der Waals surface area contributed by atoms with Crippen molar-refractivity contribution in [2.24, 2.45) is 16.8 Å². The second-order valence-electron chi connectivity index (χ2n) is 6.84. The quantitative estimate of drug-likeness (QED) is 0.643. The fourth-order valence-electron chi connectivity index (χ4n) is 3.34. The van der Waals surface area contributed by atoms with Crippen molar-refractivity contribution in [2.45, 2.75) is 33.2 Å². The van der Waals surface area contributed by atoms with Crippen molar-refractivity contribution in [2.75, 3.05) is 26.7 Å². The Hall–Kier alpha value is -2.04. The summed E-state index contributed by atoms with van der Waals surface area (Å²) in [6.45, 7) is 7.82. The van der Waals surface area contributed by atoms with E-state index in [0.29, 0.717) is 31.3 Å². The Kier molecular flexibility index (Phi) is 7.09. The fourth-order valence-corrected chi connectivity index (χ4v) is 3.34. The highest BCUT2D eigenvalue weighted by Crippen LogP contribution is 2.20. The van der Waals surface area contributed by atoms with Gasteiger partial charge in [-0.05, 0) is 23.8 Å². The Morgan fingerprint density at radius 2 is 1.83 bits per heavy atom. The number of carbonyl (C=O) groups excluding carboxylic acids is 1. The number of carbonyl (C=O) groups is 1. The minimum Gasteiger partial charge on any atom is -0.356 e. The maximum atomic E-state index is 12.0. The average molecular weight is 330 g/mol. The van der Waals surface area contributed by atoms with Crippen LogP contribution < -0.4 is 10.6 Å². The number of piperidine rings is 1. The van der Waals surface area contributed by atoms with Crippen molar-refractivity contribution in [3.8, 4) is 0 Å². The summed E-state index contributed by atoms with van der Waals surface area (Å²) in [5.41, 5.74) is 1.12. The highest BCUT2D eigenvalue weighted by molar-refractivity contribution is 5.81. The summed E-state index contributed by atoms with van der Waals surface area (Å²) in [6, 6.07) is 9.96. The van der Waals surface area contributed by atoms with Gasteiger partial charge in [-0.25, -0.2) is 0 Å². The first-order valence-electron chi connectivity index (χ1n) is 8.84. The minimum absolute atomic E-state index is 0.0576. The molecule has 0 aromatic heterocycles. The van der Waals surface area contributed by atoms with E-state index in [1.165, 1.54) is 6.42 Å². The average Bonchev–Trinajstić information content (AvgIpc) is 2.57. The van der Waals surface area contributed by atoms with Gasteiger partial charge < -0.3 is 15.5 Å². The van der Waals surface area contributed by atoms with Gasteiger partial charge in [0.25, 0.3) is 0 Å². The van der Waals surface area contributed by atoms with Crippen molar-refractivity contribution in [1.29, 1.82) is 0 Å². The molecule has 1 heterocycles. The zero-order valence-electron chi connectivity index (χ0n) is 15.1. The smallest absolute Gasteiger partial charge is 0.222 e. The molecule has 5 heteroatoms. The predicted molar refractivity (Wildman–Crippen MR) is 98.8 cm³/mol. The van der Waals surface area contributed by atoms with Gasteiger partial charge in [0.1, 0.15) is 0 Å². The number of aliphatic imine (C=N–C) groups is 1. The number of hydrogen-bond acceptors (Lipinski definition) is 2. The molecule has 2 unspecified atom stereocenters. The van der Waals surface area contributed by atoms with Crippen molar-refractivity contribution in [3.63, 3.8) is 0 Å². The van der Waals surface area contributed by atoms with Gasteiger partial charge in [0, 0.05) is 39.6 Å². The summed E-state index contributed by atoms with van der Waals surface area (Å²) in [6.07, 6.45) is 1.72. The van der Waals surface area contributed by atoms with E-state index in [-0.39, 0.29) is 5.91 Å². The molecule has 1 aromatic carbocycles. The molecule has 1 amide bonds. The minimum atomic E-state index is 0.0576. The SMILES string of the molecule is CN=C(NCCC(=O)NCc1ccccc1)N1CC(C)CC(C)C1. The lowest BCUT2D eigenvalue weighted by atomic mass is 9.92. The molecule has 1 fully saturated rings. The van der Waals surface area contributed by atoms with E-state index in [1.54, 1.807) is 0 Å². The van der Waals surface area contributed by atoms with Crippen molar-refractivity contribution >= 4 is 11.9 Å². The van der Waals surface area contributed by atoms with Gasteiger partial charge in [-0.3, -0.25) is 9.79 Å². The number of nitrogens with one attached hydrogen (secondary N) is 2. The number of amides is 1. The lowest BCUT2D eigenvalue weighted by Gasteiger charge is -2.37. The Balaban J connectivity index is 1.70. The highest BCUT2D eigenvalue weighted by Gasteiger charge is 2.23. The zero-order chi connectivity index (χ0) is 17.4. The second kappa shape index (κ2) is 9.30. The largest absolute Gasteiger partial charge is 0.356 e. The number of likely N-dealkylation sites (tertiary alicyclic amines) is 1. The first kappa shape index (κ1) is 18.3. The molecular weight excluding hydrogens is 300 g/mol. The summed E-state index contributed by atoms with van der Waals surface area (Å²) < 4.78 is 0. The Labute approximate surface area is 145 Å². The van der Waals surface area contributed by atoms with Crippen molar-refractivity contribution in [1.82, 2.24) is 15.5 Å². The van der Waals surface area contributed by atoms with Crippen LogP contribution in [0, 0.1) is 11.8 Å². The van der Waals surface area contributed by atoms with Crippen LogP contribution in [0.5, 0.6) is 0 Å². The van der Waals surface area contributed by atoms with Gasteiger partial charge >= 0.3 is 0 Å². The van der Waals surface area contributed by atoms with E-state index in [4.69, 9.17) is 0 Å². The monoisotopic (exact) mass is 330 g/mol. The van der Waals surface area contributed by atoms with Gasteiger partial charge in [-0.15, -0.1) is 0 Å². The topological polar surface area (TPSA) is 56.7 Å². The van der Waals surface area contributed by atoms with Crippen molar-refractivity contribution < 1.29 is 4.79 Å². The molecule has 0 bridgehead atoms. The molecule has 24 heavy (non-hydrogen) atoms. The first-order valence-corrected chi connectivity index (χ1v) is 8.84. The third-order valence-corrected chi connectivity index (χ3v) is 4.35. The second-order valence-corrected chi connectivity index (χ2v) is 6.84. The number of benzene rings is 1. The van der Waals surface area contributed by atoms with E-state index in [1.807, 2.05) is 37.4 Å². The molecule has 132 valence electrons. The third-order valence-electron chi connectivity index (χ3n) is 4.35.